The molecule has 1 spiro atoms. The van der Waals surface area contributed by atoms with Crippen LogP contribution in [0.1, 0.15) is 29.6 Å². The zero-order valence-electron chi connectivity index (χ0n) is 20.6. The van der Waals surface area contributed by atoms with Crippen molar-refractivity contribution in [2.24, 2.45) is 0 Å². The number of nitrogens with one attached hydrogen (secondary N) is 2. The first kappa shape index (κ1) is 25.3. The molecule has 0 aromatic heterocycles. The van der Waals surface area contributed by atoms with E-state index in [2.05, 4.69) is 15.5 Å². The van der Waals surface area contributed by atoms with E-state index in [0.717, 1.165) is 12.2 Å². The second-order valence-electron chi connectivity index (χ2n) is 9.71. The van der Waals surface area contributed by atoms with Crippen LogP contribution in [-0.4, -0.2) is 86.3 Å². The monoisotopic (exact) mass is 481 g/mol. The number of amides is 1. The normalized spacial score (nSPS) is 19.7. The number of alkyl halides is 1. The number of anilines is 1. The molecule has 2 aliphatic rings. The number of halogens is 1. The molecule has 2 saturated heterocycles. The minimum atomic E-state index is -1.27. The molecule has 0 bridgehead atoms. The van der Waals surface area contributed by atoms with Gasteiger partial charge in [-0.1, -0.05) is 48.5 Å². The molecule has 2 fully saturated rings. The molecule has 2 heterocycles. The first-order valence-electron chi connectivity index (χ1n) is 12.4. The topological polar surface area (TPSA) is 67.9 Å². The fourth-order valence-electron chi connectivity index (χ4n) is 5.10. The average Bonchev–Trinajstić information content (AvgIpc) is 3.19. The van der Waals surface area contributed by atoms with Crippen molar-refractivity contribution in [1.82, 2.24) is 20.4 Å². The number of Topliss-reactive ketones (excluding diaryl/α,β-unsaturated/α-hetero) is 1. The number of likely N-dealkylation sites (tertiary alicyclic amines) is 1. The molecule has 2 N–H and O–H groups in total. The van der Waals surface area contributed by atoms with E-state index in [1.54, 1.807) is 17.0 Å². The number of carbonyl (C=O) groups is 2. The molecule has 1 amide bonds. The van der Waals surface area contributed by atoms with Gasteiger partial charge < -0.3 is 20.4 Å². The molecule has 2 unspecified atom stereocenters. The van der Waals surface area contributed by atoms with Gasteiger partial charge >= 0.3 is 0 Å². The van der Waals surface area contributed by atoms with Gasteiger partial charge in [0.2, 0.25) is 5.91 Å². The van der Waals surface area contributed by atoms with Gasteiger partial charge in [-0.15, -0.1) is 0 Å². The van der Waals surface area contributed by atoms with Crippen LogP contribution in [0.3, 0.4) is 0 Å². The Kier molecular flexibility index (Phi) is 8.15. The van der Waals surface area contributed by atoms with Gasteiger partial charge in [0.25, 0.3) is 0 Å². The lowest BCUT2D eigenvalue weighted by Crippen LogP contribution is -2.58. The fraction of sp³-hybridized carbons (Fsp3) is 0.481. The molecule has 2 aromatic carbocycles. The predicted octanol–water partition coefficient (Wildman–Crippen LogP) is 2.50. The van der Waals surface area contributed by atoms with Crippen LogP contribution in [0.15, 0.2) is 60.7 Å². The molecular formula is C27H36FN5O2. The largest absolute Gasteiger partial charge is 0.339 e. The molecule has 4 rings (SSSR count). The number of carbonyl (C=O) groups excluding carboxylic acids is 2. The van der Waals surface area contributed by atoms with Crippen LogP contribution in [0.5, 0.6) is 0 Å². The van der Waals surface area contributed by atoms with Gasteiger partial charge in [-0.25, -0.2) is 4.39 Å². The van der Waals surface area contributed by atoms with Crippen LogP contribution < -0.4 is 15.5 Å². The Labute approximate surface area is 207 Å². The van der Waals surface area contributed by atoms with E-state index < -0.39 is 17.9 Å². The Morgan fingerprint density at radius 2 is 1.71 bits per heavy atom. The molecule has 0 saturated carbocycles. The van der Waals surface area contributed by atoms with Gasteiger partial charge in [-0.3, -0.25) is 14.5 Å². The van der Waals surface area contributed by atoms with Gasteiger partial charge in [0.15, 0.2) is 12.1 Å². The van der Waals surface area contributed by atoms with Gasteiger partial charge in [-0.05, 0) is 39.1 Å². The fourth-order valence-corrected chi connectivity index (χ4v) is 5.10. The third-order valence-corrected chi connectivity index (χ3v) is 7.18. The summed E-state index contributed by atoms with van der Waals surface area (Å²) >= 11 is 0. The van der Waals surface area contributed by atoms with Crippen molar-refractivity contribution in [3.63, 3.8) is 0 Å². The number of hydrogen-bond donors (Lipinski definition) is 2. The van der Waals surface area contributed by atoms with Crippen LogP contribution in [0.4, 0.5) is 10.1 Å². The first-order valence-corrected chi connectivity index (χ1v) is 12.4. The molecule has 2 aromatic rings. The number of piperidine rings is 1. The number of likely N-dealkylation sites (N-methyl/N-ethyl adjacent to an activating group) is 1. The van der Waals surface area contributed by atoms with E-state index in [-0.39, 0.29) is 18.1 Å². The van der Waals surface area contributed by atoms with E-state index in [1.165, 1.54) is 0 Å². The maximum Gasteiger partial charge on any atom is 0.247 e. The maximum absolute atomic E-state index is 15.6. The average molecular weight is 482 g/mol. The quantitative estimate of drug-likeness (QED) is 0.402. The Morgan fingerprint density at radius 1 is 1.09 bits per heavy atom. The van der Waals surface area contributed by atoms with E-state index in [4.69, 9.17) is 0 Å². The van der Waals surface area contributed by atoms with Crippen molar-refractivity contribution in [3.8, 4) is 0 Å². The number of para-hydroxylation sites is 1. The van der Waals surface area contributed by atoms with Crippen molar-refractivity contribution >= 4 is 17.4 Å². The smallest absolute Gasteiger partial charge is 0.247 e. The molecule has 0 aliphatic carbocycles. The van der Waals surface area contributed by atoms with E-state index in [1.807, 2.05) is 67.5 Å². The van der Waals surface area contributed by atoms with Crippen molar-refractivity contribution in [3.05, 3.63) is 66.2 Å². The highest BCUT2D eigenvalue weighted by atomic mass is 19.1. The number of hydrogen-bond acceptors (Lipinski definition) is 6. The first-order chi connectivity index (χ1) is 16.9. The highest BCUT2D eigenvalue weighted by Gasteiger charge is 2.51. The van der Waals surface area contributed by atoms with E-state index in [9.17, 15) is 9.59 Å². The lowest BCUT2D eigenvalue weighted by Gasteiger charge is -2.44. The molecule has 8 heteroatoms. The van der Waals surface area contributed by atoms with Gasteiger partial charge in [0.05, 0.1) is 12.7 Å². The molecule has 7 nitrogen and oxygen atoms in total. The predicted molar refractivity (Wildman–Crippen MR) is 136 cm³/mol. The number of rotatable bonds is 10. The Bertz CT molecular complexity index is 980. The minimum Gasteiger partial charge on any atom is -0.339 e. The van der Waals surface area contributed by atoms with Crippen molar-refractivity contribution in [2.75, 3.05) is 51.8 Å². The summed E-state index contributed by atoms with van der Waals surface area (Å²) in [7, 11) is 3.93. The van der Waals surface area contributed by atoms with Crippen LogP contribution in [0.25, 0.3) is 0 Å². The summed E-state index contributed by atoms with van der Waals surface area (Å²) < 4.78 is 15.6. The summed E-state index contributed by atoms with van der Waals surface area (Å²) in [5.74, 6) is -0.0789. The van der Waals surface area contributed by atoms with Crippen LogP contribution >= 0.6 is 0 Å². The zero-order chi connectivity index (χ0) is 24.8. The van der Waals surface area contributed by atoms with Crippen LogP contribution in [-0.2, 0) is 4.79 Å². The maximum atomic E-state index is 15.6. The standard InChI is InChI=1S/C27H36FN5O2/c1-31(2)18-15-29-23(25(34)21-9-5-3-6-10-21)19-24(28)32-16-13-27(14-17-32)26(35)30-20-33(27)22-11-7-4-8-12-22/h3-12,23-24,29H,13-20H2,1-2H3,(H,30,35). The summed E-state index contributed by atoms with van der Waals surface area (Å²) in [4.78, 5) is 32.0. The van der Waals surface area contributed by atoms with Crippen LogP contribution in [0, 0.1) is 0 Å². The number of nitrogens with zero attached hydrogens (tertiary/aromatic N) is 3. The highest BCUT2D eigenvalue weighted by molar-refractivity contribution is 6.00. The van der Waals surface area contributed by atoms with Crippen molar-refractivity contribution in [2.45, 2.75) is 37.1 Å². The third kappa shape index (κ3) is 5.72. The van der Waals surface area contributed by atoms with E-state index in [0.29, 0.717) is 44.7 Å². The van der Waals surface area contributed by atoms with Gasteiger partial charge in [0.1, 0.15) is 5.54 Å². The summed E-state index contributed by atoms with van der Waals surface area (Å²) in [6, 6.07) is 18.4. The molecule has 0 radical (unpaired) electrons. The second kappa shape index (κ2) is 11.3. The van der Waals surface area contributed by atoms with Crippen molar-refractivity contribution < 1.29 is 14.0 Å². The lowest BCUT2D eigenvalue weighted by molar-refractivity contribution is -0.125. The summed E-state index contributed by atoms with van der Waals surface area (Å²) in [5, 5.41) is 6.26. The molecule has 2 atom stereocenters. The Balaban J connectivity index is 1.41. The summed E-state index contributed by atoms with van der Waals surface area (Å²) in [5.41, 5.74) is 0.927. The van der Waals surface area contributed by atoms with Gasteiger partial charge in [0, 0.05) is 43.9 Å². The van der Waals surface area contributed by atoms with Crippen LogP contribution in [0.2, 0.25) is 0 Å². The molecule has 188 valence electrons. The zero-order valence-corrected chi connectivity index (χ0v) is 20.6. The Morgan fingerprint density at radius 3 is 2.34 bits per heavy atom. The molecule has 35 heavy (non-hydrogen) atoms. The molecular weight excluding hydrogens is 445 g/mol. The summed E-state index contributed by atoms with van der Waals surface area (Å²) in [6.07, 6.45) is -0.117. The van der Waals surface area contributed by atoms with Gasteiger partial charge in [-0.2, -0.15) is 0 Å². The second-order valence-corrected chi connectivity index (χ2v) is 9.71. The summed E-state index contributed by atoms with van der Waals surface area (Å²) in [6.45, 7) is 2.74. The van der Waals surface area contributed by atoms with Crippen molar-refractivity contribution in [1.29, 1.82) is 0 Å². The lowest BCUT2D eigenvalue weighted by atomic mass is 9.85. The Hall–Kier alpha value is -2.81. The van der Waals surface area contributed by atoms with E-state index >= 15 is 4.39 Å². The number of ketones is 1. The minimum absolute atomic E-state index is 0.0129. The molecule has 2 aliphatic heterocycles. The highest BCUT2D eigenvalue weighted by Crippen LogP contribution is 2.37. The SMILES string of the molecule is CN(C)CCNC(CC(F)N1CCC2(CC1)C(=O)NCN2c1ccccc1)C(=O)c1ccccc1. The number of benzene rings is 2. The third-order valence-electron chi connectivity index (χ3n) is 7.18.